The molecule has 160 valence electrons. The SMILES string of the molecule is Cc1cc(Br)c(Cl)cc1N1C(=O)[C@@H]2[C@H](C1=O)C1(Cl)c3ccccc3C2(Cl)c2ccccc21. The highest BCUT2D eigenvalue weighted by atomic mass is 79.9. The molecule has 0 aromatic heterocycles. The van der Waals surface area contributed by atoms with Crippen LogP contribution in [0.15, 0.2) is 65.1 Å². The molecule has 1 aliphatic heterocycles. The van der Waals surface area contributed by atoms with Crippen LogP contribution in [0.2, 0.25) is 5.02 Å². The van der Waals surface area contributed by atoms with Crippen molar-refractivity contribution in [3.63, 3.8) is 0 Å². The van der Waals surface area contributed by atoms with Crippen LogP contribution in [-0.2, 0) is 19.3 Å². The molecular weight excluding hydrogens is 533 g/mol. The number of hydrogen-bond donors (Lipinski definition) is 0. The molecule has 0 radical (unpaired) electrons. The van der Waals surface area contributed by atoms with Crippen LogP contribution in [0.1, 0.15) is 27.8 Å². The third kappa shape index (κ3) is 2.24. The van der Waals surface area contributed by atoms with Gasteiger partial charge in [-0.15, -0.1) is 23.2 Å². The maximum atomic E-state index is 14.0. The number of alkyl halides is 2. The van der Waals surface area contributed by atoms with Gasteiger partial charge >= 0.3 is 0 Å². The lowest BCUT2D eigenvalue weighted by molar-refractivity contribution is -0.122. The Morgan fingerprint density at radius 1 is 0.812 bits per heavy atom. The van der Waals surface area contributed by atoms with Crippen LogP contribution >= 0.6 is 50.7 Å². The van der Waals surface area contributed by atoms with E-state index in [1.807, 2.05) is 55.5 Å². The van der Waals surface area contributed by atoms with Gasteiger partial charge in [0.2, 0.25) is 11.8 Å². The Hall–Kier alpha value is -1.85. The van der Waals surface area contributed by atoms with E-state index in [4.69, 9.17) is 34.8 Å². The first-order valence-corrected chi connectivity index (χ1v) is 12.1. The van der Waals surface area contributed by atoms with Gasteiger partial charge in [0.1, 0.15) is 9.75 Å². The number of amides is 2. The second-order valence-corrected chi connectivity index (χ2v) is 11.0. The second kappa shape index (κ2) is 6.60. The Balaban J connectivity index is 1.65. The predicted octanol–water partition coefficient (Wildman–Crippen LogP) is 6.51. The molecule has 1 heterocycles. The van der Waals surface area contributed by atoms with E-state index in [9.17, 15) is 9.59 Å². The lowest BCUT2D eigenvalue weighted by Crippen LogP contribution is -2.57. The Bertz CT molecular complexity index is 1250. The van der Waals surface area contributed by atoms with Crippen molar-refractivity contribution < 1.29 is 9.59 Å². The fourth-order valence-corrected chi connectivity index (χ4v) is 7.49. The summed E-state index contributed by atoms with van der Waals surface area (Å²) in [6, 6.07) is 18.6. The summed E-state index contributed by atoms with van der Waals surface area (Å²) in [7, 11) is 0. The average Bonchev–Trinajstić information content (AvgIpc) is 3.06. The van der Waals surface area contributed by atoms with Crippen LogP contribution in [0.25, 0.3) is 0 Å². The van der Waals surface area contributed by atoms with E-state index in [2.05, 4.69) is 15.9 Å². The van der Waals surface area contributed by atoms with Crippen LogP contribution < -0.4 is 4.90 Å². The Labute approximate surface area is 208 Å². The first kappa shape index (κ1) is 20.7. The molecule has 32 heavy (non-hydrogen) atoms. The quantitative estimate of drug-likeness (QED) is 0.257. The Kier molecular flexibility index (Phi) is 4.28. The first-order valence-electron chi connectivity index (χ1n) is 10.1. The second-order valence-electron chi connectivity index (χ2n) is 8.53. The highest BCUT2D eigenvalue weighted by Gasteiger charge is 2.73. The normalized spacial score (nSPS) is 29.7. The maximum Gasteiger partial charge on any atom is 0.240 e. The molecule has 2 bridgehead atoms. The molecule has 1 saturated heterocycles. The van der Waals surface area contributed by atoms with Gasteiger partial charge in [0.15, 0.2) is 0 Å². The van der Waals surface area contributed by atoms with Crippen molar-refractivity contribution in [2.24, 2.45) is 11.8 Å². The number of aryl methyl sites for hydroxylation is 1. The topological polar surface area (TPSA) is 37.4 Å². The van der Waals surface area contributed by atoms with Gasteiger partial charge < -0.3 is 0 Å². The molecule has 1 fully saturated rings. The maximum absolute atomic E-state index is 14.0. The molecule has 3 nitrogen and oxygen atoms in total. The number of anilines is 1. The molecule has 0 saturated carbocycles. The fraction of sp³-hybridized carbons (Fsp3) is 0.200. The zero-order valence-corrected chi connectivity index (χ0v) is 20.6. The van der Waals surface area contributed by atoms with Crippen molar-refractivity contribution in [3.05, 3.63) is 98.0 Å². The van der Waals surface area contributed by atoms with E-state index in [1.165, 1.54) is 4.90 Å². The Morgan fingerprint density at radius 2 is 1.22 bits per heavy atom. The molecule has 0 unspecified atom stereocenters. The van der Waals surface area contributed by atoms with E-state index in [-0.39, 0.29) is 11.8 Å². The van der Waals surface area contributed by atoms with Gasteiger partial charge in [0.05, 0.1) is 22.5 Å². The number of hydrogen-bond acceptors (Lipinski definition) is 2. The fourth-order valence-electron chi connectivity index (χ4n) is 5.78. The number of imide groups is 1. The van der Waals surface area contributed by atoms with E-state index >= 15 is 0 Å². The van der Waals surface area contributed by atoms with Gasteiger partial charge in [-0.2, -0.15) is 0 Å². The number of carbonyl (C=O) groups is 2. The molecule has 3 aromatic carbocycles. The molecule has 2 amide bonds. The lowest BCUT2D eigenvalue weighted by atomic mass is 9.54. The summed E-state index contributed by atoms with van der Waals surface area (Å²) in [4.78, 5) is 26.8. The summed E-state index contributed by atoms with van der Waals surface area (Å²) < 4.78 is 0.694. The molecule has 2 atom stereocenters. The number of benzene rings is 3. The van der Waals surface area contributed by atoms with Crippen LogP contribution in [0, 0.1) is 18.8 Å². The van der Waals surface area contributed by atoms with E-state index in [0.717, 1.165) is 27.8 Å². The summed E-state index contributed by atoms with van der Waals surface area (Å²) >= 11 is 24.6. The van der Waals surface area contributed by atoms with E-state index < -0.39 is 21.6 Å². The third-order valence-electron chi connectivity index (χ3n) is 7.07. The minimum Gasteiger partial charge on any atom is -0.274 e. The van der Waals surface area contributed by atoms with Gasteiger partial charge in [-0.1, -0.05) is 60.1 Å². The van der Waals surface area contributed by atoms with Crippen LogP contribution in [-0.4, -0.2) is 11.8 Å². The molecule has 4 aliphatic rings. The summed E-state index contributed by atoms with van der Waals surface area (Å²) in [5, 5.41) is 0.414. The van der Waals surface area contributed by atoms with Crippen molar-refractivity contribution in [2.45, 2.75) is 16.7 Å². The molecule has 0 N–H and O–H groups in total. The lowest BCUT2D eigenvalue weighted by Gasteiger charge is -2.54. The highest BCUT2D eigenvalue weighted by Crippen LogP contribution is 2.69. The predicted molar refractivity (Wildman–Crippen MR) is 130 cm³/mol. The monoisotopic (exact) mass is 545 g/mol. The van der Waals surface area contributed by atoms with Gasteiger partial charge in [0, 0.05) is 4.47 Å². The van der Waals surface area contributed by atoms with Crippen molar-refractivity contribution in [1.29, 1.82) is 0 Å². The van der Waals surface area contributed by atoms with Crippen molar-refractivity contribution in [2.75, 3.05) is 4.90 Å². The summed E-state index contributed by atoms with van der Waals surface area (Å²) in [6.45, 7) is 1.84. The molecule has 0 spiro atoms. The first-order chi connectivity index (χ1) is 15.2. The molecule has 3 aliphatic carbocycles. The number of halogens is 4. The molecular formula is C25H15BrCl3NO2. The van der Waals surface area contributed by atoms with Crippen molar-refractivity contribution >= 4 is 68.2 Å². The largest absolute Gasteiger partial charge is 0.274 e. The summed E-state index contributed by atoms with van der Waals surface area (Å²) in [5.41, 5.74) is 4.33. The van der Waals surface area contributed by atoms with E-state index in [1.54, 1.807) is 12.1 Å². The zero-order valence-electron chi connectivity index (χ0n) is 16.7. The van der Waals surface area contributed by atoms with Gasteiger partial charge in [-0.25, -0.2) is 4.90 Å². The summed E-state index contributed by atoms with van der Waals surface area (Å²) in [5.74, 6) is -2.38. The average molecular weight is 548 g/mol. The standard InChI is InChI=1S/C25H15BrCl3NO2/c1-12-10-17(26)18(27)11-19(12)30-22(31)20-21(23(30)32)25(29)14-7-3-2-6-13(14)24(20,28)15-8-4-5-9-16(15)25/h2-11,20-21H,1H3/t20-,21+,24?,25?. The minimum absolute atomic E-state index is 0.356. The van der Waals surface area contributed by atoms with Crippen LogP contribution in [0.3, 0.4) is 0 Å². The van der Waals surface area contributed by atoms with Gasteiger partial charge in [-0.05, 0) is 62.8 Å². The molecule has 7 rings (SSSR count). The summed E-state index contributed by atoms with van der Waals surface area (Å²) in [6.07, 6.45) is 0. The van der Waals surface area contributed by atoms with Gasteiger partial charge in [0.25, 0.3) is 0 Å². The third-order valence-corrected chi connectivity index (χ3v) is 9.55. The highest BCUT2D eigenvalue weighted by molar-refractivity contribution is 9.10. The van der Waals surface area contributed by atoms with Crippen LogP contribution in [0.4, 0.5) is 5.69 Å². The molecule has 3 aromatic rings. The number of carbonyl (C=O) groups excluding carboxylic acids is 2. The number of rotatable bonds is 1. The number of nitrogens with zero attached hydrogens (tertiary/aromatic N) is 1. The van der Waals surface area contributed by atoms with Gasteiger partial charge in [-0.3, -0.25) is 9.59 Å². The van der Waals surface area contributed by atoms with E-state index in [0.29, 0.717) is 15.2 Å². The Morgan fingerprint density at radius 3 is 1.62 bits per heavy atom. The zero-order chi connectivity index (χ0) is 22.6. The van der Waals surface area contributed by atoms with Crippen LogP contribution in [0.5, 0.6) is 0 Å². The van der Waals surface area contributed by atoms with Crippen molar-refractivity contribution in [1.82, 2.24) is 0 Å². The smallest absolute Gasteiger partial charge is 0.240 e. The minimum atomic E-state index is -1.19. The van der Waals surface area contributed by atoms with Crippen molar-refractivity contribution in [3.8, 4) is 0 Å². The molecule has 7 heteroatoms.